The summed E-state index contributed by atoms with van der Waals surface area (Å²) in [7, 11) is -1.38. The second kappa shape index (κ2) is 10.5. The number of benzene rings is 1. The highest BCUT2D eigenvalue weighted by Gasteiger charge is 2.56. The molecule has 3 atom stereocenters. The molecule has 200 valence electrons. The third-order valence-corrected chi connectivity index (χ3v) is 8.17. The number of hydrogen-bond acceptors (Lipinski definition) is 6. The number of rotatable bonds is 6. The number of carbonyl (C=O) groups excluding carboxylic acids is 3. The summed E-state index contributed by atoms with van der Waals surface area (Å²) in [5.41, 5.74) is -0.647. The van der Waals surface area contributed by atoms with Crippen LogP contribution in [0.3, 0.4) is 0 Å². The third-order valence-electron chi connectivity index (χ3n) is 6.47. The molecule has 9 heteroatoms. The highest BCUT2D eigenvalue weighted by atomic mass is 28.3. The van der Waals surface area contributed by atoms with Crippen LogP contribution in [0.5, 0.6) is 0 Å². The van der Waals surface area contributed by atoms with Crippen molar-refractivity contribution in [3.8, 4) is 0 Å². The predicted molar refractivity (Wildman–Crippen MR) is 141 cm³/mol. The summed E-state index contributed by atoms with van der Waals surface area (Å²) in [4.78, 5) is 42.2. The van der Waals surface area contributed by atoms with Crippen molar-refractivity contribution in [3.63, 3.8) is 0 Å². The van der Waals surface area contributed by atoms with Crippen LogP contribution in [0.15, 0.2) is 30.3 Å². The molecule has 0 aromatic heterocycles. The van der Waals surface area contributed by atoms with Crippen molar-refractivity contribution >= 4 is 26.0 Å². The monoisotopic (exact) mass is 518 g/mol. The van der Waals surface area contributed by atoms with Gasteiger partial charge in [0.15, 0.2) is 5.78 Å². The summed E-state index contributed by atoms with van der Waals surface area (Å²) in [5.74, 6) is -0.0538. The van der Waals surface area contributed by atoms with Crippen molar-refractivity contribution < 1.29 is 28.6 Å². The molecule has 0 radical (unpaired) electrons. The molecule has 2 aliphatic rings. The molecule has 2 heterocycles. The first-order valence-electron chi connectivity index (χ1n) is 12.8. The van der Waals surface area contributed by atoms with Crippen LogP contribution in [0.1, 0.15) is 46.6 Å². The van der Waals surface area contributed by atoms with Crippen molar-refractivity contribution in [2.75, 3.05) is 13.2 Å². The van der Waals surface area contributed by atoms with E-state index < -0.39 is 49.8 Å². The van der Waals surface area contributed by atoms with Gasteiger partial charge in [-0.25, -0.2) is 9.59 Å². The van der Waals surface area contributed by atoms with Gasteiger partial charge in [0, 0.05) is 14.5 Å². The third kappa shape index (κ3) is 7.09. The molecule has 2 saturated heterocycles. The van der Waals surface area contributed by atoms with E-state index in [1.54, 1.807) is 25.7 Å². The van der Waals surface area contributed by atoms with Crippen molar-refractivity contribution in [1.82, 2.24) is 9.80 Å². The second-order valence-electron chi connectivity index (χ2n) is 12.5. The first-order valence-corrected chi connectivity index (χ1v) is 16.5. The highest BCUT2D eigenvalue weighted by molar-refractivity contribution is 6.76. The maximum absolute atomic E-state index is 13.4. The molecule has 2 amide bonds. The molecular weight excluding hydrogens is 476 g/mol. The van der Waals surface area contributed by atoms with Gasteiger partial charge in [-0.1, -0.05) is 50.0 Å². The lowest BCUT2D eigenvalue weighted by Crippen LogP contribution is -2.52. The van der Waals surface area contributed by atoms with Crippen LogP contribution >= 0.6 is 0 Å². The quantitative estimate of drug-likeness (QED) is 0.488. The van der Waals surface area contributed by atoms with Gasteiger partial charge in [-0.05, 0) is 52.6 Å². The SMILES string of the molecule is CC(C)(C)OC(=O)N1CC(=O)CC1[C@H]1OC(C)(C)N(C(=O)OCC[Si](C)(C)C)[C@H]1Cc1ccccc1. The molecule has 0 bridgehead atoms. The fourth-order valence-electron chi connectivity index (χ4n) is 4.81. The lowest BCUT2D eigenvalue weighted by Gasteiger charge is -2.34. The van der Waals surface area contributed by atoms with Gasteiger partial charge in [0.05, 0.1) is 25.2 Å². The standard InChI is InChI=1S/C27H42N2O6Si/c1-26(2,3)35-24(31)28-18-20(30)17-21(28)23-22(16-19-12-10-9-11-13-19)29(27(4,5)34-23)25(32)33-14-15-36(6,7)8/h9-13,21-23H,14-18H2,1-8H3/t21?,22-,23+/m0/s1. The van der Waals surface area contributed by atoms with Crippen LogP contribution in [-0.4, -0.2) is 78.5 Å². The van der Waals surface area contributed by atoms with Gasteiger partial charge < -0.3 is 14.2 Å². The lowest BCUT2D eigenvalue weighted by atomic mass is 9.94. The van der Waals surface area contributed by atoms with E-state index >= 15 is 0 Å². The zero-order valence-corrected chi connectivity index (χ0v) is 24.0. The van der Waals surface area contributed by atoms with Gasteiger partial charge in [0.2, 0.25) is 0 Å². The summed E-state index contributed by atoms with van der Waals surface area (Å²) in [6.45, 7) is 16.1. The Kier molecular flexibility index (Phi) is 8.25. The molecule has 3 rings (SSSR count). The molecule has 36 heavy (non-hydrogen) atoms. The summed E-state index contributed by atoms with van der Waals surface area (Å²) >= 11 is 0. The molecule has 0 N–H and O–H groups in total. The average molecular weight is 519 g/mol. The van der Waals surface area contributed by atoms with Gasteiger partial charge in [-0.15, -0.1) is 0 Å². The Balaban J connectivity index is 1.92. The van der Waals surface area contributed by atoms with E-state index in [2.05, 4.69) is 19.6 Å². The summed E-state index contributed by atoms with van der Waals surface area (Å²) in [5, 5.41) is 0. The number of nitrogens with zero attached hydrogens (tertiary/aromatic N) is 2. The van der Waals surface area contributed by atoms with Gasteiger partial charge in [0.1, 0.15) is 17.4 Å². The minimum absolute atomic E-state index is 0.0292. The topological polar surface area (TPSA) is 85.4 Å². The zero-order chi connectivity index (χ0) is 26.9. The van der Waals surface area contributed by atoms with Crippen molar-refractivity contribution in [2.45, 2.75) is 103 Å². The number of amides is 2. The van der Waals surface area contributed by atoms with Crippen LogP contribution in [0.4, 0.5) is 9.59 Å². The number of ether oxygens (including phenoxy) is 3. The largest absolute Gasteiger partial charge is 0.450 e. The molecule has 8 nitrogen and oxygen atoms in total. The highest BCUT2D eigenvalue weighted by Crippen LogP contribution is 2.39. The Labute approximate surface area is 216 Å². The maximum atomic E-state index is 13.4. The number of carbonyl (C=O) groups is 3. The summed E-state index contributed by atoms with van der Waals surface area (Å²) in [6, 6.07) is 9.75. The van der Waals surface area contributed by atoms with E-state index in [1.807, 2.05) is 44.2 Å². The Morgan fingerprint density at radius 2 is 1.75 bits per heavy atom. The summed E-state index contributed by atoms with van der Waals surface area (Å²) in [6.07, 6.45) is -0.901. The first-order chi connectivity index (χ1) is 16.6. The number of hydrogen-bond donors (Lipinski definition) is 0. The fraction of sp³-hybridized carbons (Fsp3) is 0.667. The summed E-state index contributed by atoms with van der Waals surface area (Å²) < 4.78 is 17.8. The molecule has 1 aromatic carbocycles. The minimum atomic E-state index is -1.38. The van der Waals surface area contributed by atoms with Gasteiger partial charge in [0.25, 0.3) is 0 Å². The van der Waals surface area contributed by atoms with Gasteiger partial charge in [-0.3, -0.25) is 14.6 Å². The smallest absolute Gasteiger partial charge is 0.412 e. The van der Waals surface area contributed by atoms with Crippen LogP contribution in [0.25, 0.3) is 0 Å². The Bertz CT molecular complexity index is 953. The average Bonchev–Trinajstić information content (AvgIpc) is 3.23. The van der Waals surface area contributed by atoms with E-state index in [4.69, 9.17) is 14.2 Å². The van der Waals surface area contributed by atoms with Crippen molar-refractivity contribution in [2.24, 2.45) is 0 Å². The Hall–Kier alpha value is -2.39. The molecular formula is C27H42N2O6Si. The van der Waals surface area contributed by atoms with Crippen molar-refractivity contribution in [1.29, 1.82) is 0 Å². The Morgan fingerprint density at radius 3 is 2.33 bits per heavy atom. The van der Waals surface area contributed by atoms with E-state index in [-0.39, 0.29) is 18.7 Å². The molecule has 1 unspecified atom stereocenters. The number of likely N-dealkylation sites (tertiary alicyclic amines) is 1. The van der Waals surface area contributed by atoms with E-state index in [1.165, 1.54) is 4.90 Å². The number of Topliss-reactive ketones (excluding diaryl/α,β-unsaturated/α-hetero) is 1. The molecule has 1 aromatic rings. The molecule has 0 saturated carbocycles. The van der Waals surface area contributed by atoms with Crippen molar-refractivity contribution in [3.05, 3.63) is 35.9 Å². The molecule has 2 fully saturated rings. The van der Waals surface area contributed by atoms with E-state index in [9.17, 15) is 14.4 Å². The number of ketones is 1. The van der Waals surface area contributed by atoms with E-state index in [0.717, 1.165) is 11.6 Å². The molecule has 2 aliphatic heterocycles. The van der Waals surface area contributed by atoms with Crippen LogP contribution in [-0.2, 0) is 25.4 Å². The van der Waals surface area contributed by atoms with Crippen LogP contribution in [0.2, 0.25) is 25.7 Å². The fourth-order valence-corrected chi connectivity index (χ4v) is 5.53. The van der Waals surface area contributed by atoms with Crippen LogP contribution < -0.4 is 0 Å². The van der Waals surface area contributed by atoms with Gasteiger partial charge >= 0.3 is 12.2 Å². The van der Waals surface area contributed by atoms with Crippen LogP contribution in [0, 0.1) is 0 Å². The molecule has 0 spiro atoms. The lowest BCUT2D eigenvalue weighted by molar-refractivity contribution is -0.117. The second-order valence-corrected chi connectivity index (χ2v) is 18.1. The zero-order valence-electron chi connectivity index (χ0n) is 23.0. The normalized spacial score (nSPS) is 24.2. The molecule has 0 aliphatic carbocycles. The van der Waals surface area contributed by atoms with E-state index in [0.29, 0.717) is 13.0 Å². The predicted octanol–water partition coefficient (Wildman–Crippen LogP) is 5.09. The van der Waals surface area contributed by atoms with Gasteiger partial charge in [-0.2, -0.15) is 0 Å². The Morgan fingerprint density at radius 1 is 1.11 bits per heavy atom. The minimum Gasteiger partial charge on any atom is -0.450 e. The maximum Gasteiger partial charge on any atom is 0.412 e. The first kappa shape index (κ1) is 28.2.